The van der Waals surface area contributed by atoms with Crippen LogP contribution in [0.1, 0.15) is 31.4 Å². The van der Waals surface area contributed by atoms with Crippen molar-refractivity contribution in [3.8, 4) is 22.8 Å². The van der Waals surface area contributed by atoms with Crippen LogP contribution >= 0.6 is 0 Å². The van der Waals surface area contributed by atoms with E-state index in [1.54, 1.807) is 14.2 Å². The SMILES string of the molecule is COc1ccc(-c2cc3cc(OC)ccc3n2CCCCCCNCc2ccccn2)cc1. The van der Waals surface area contributed by atoms with Gasteiger partial charge in [-0.2, -0.15) is 0 Å². The highest BCUT2D eigenvalue weighted by molar-refractivity contribution is 5.88. The van der Waals surface area contributed by atoms with Gasteiger partial charge in [0.05, 0.1) is 19.9 Å². The lowest BCUT2D eigenvalue weighted by molar-refractivity contribution is 0.415. The van der Waals surface area contributed by atoms with Crippen LogP contribution in [0.5, 0.6) is 11.5 Å². The Bertz CT molecular complexity index is 1140. The van der Waals surface area contributed by atoms with E-state index in [2.05, 4.69) is 51.3 Å². The number of aromatic nitrogens is 2. The number of fused-ring (bicyclic) bond motifs is 1. The van der Waals surface area contributed by atoms with Crippen molar-refractivity contribution in [2.24, 2.45) is 0 Å². The van der Waals surface area contributed by atoms with Gasteiger partial charge in [0.15, 0.2) is 0 Å². The maximum absolute atomic E-state index is 5.45. The molecule has 0 bridgehead atoms. The van der Waals surface area contributed by atoms with Crippen molar-refractivity contribution in [2.75, 3.05) is 20.8 Å². The van der Waals surface area contributed by atoms with Crippen molar-refractivity contribution in [1.82, 2.24) is 14.9 Å². The van der Waals surface area contributed by atoms with Gasteiger partial charge in [0.1, 0.15) is 11.5 Å². The third kappa shape index (κ3) is 5.93. The summed E-state index contributed by atoms with van der Waals surface area (Å²) in [7, 11) is 3.42. The number of nitrogens with zero attached hydrogens (tertiary/aromatic N) is 2. The van der Waals surface area contributed by atoms with E-state index in [1.165, 1.54) is 41.4 Å². The maximum atomic E-state index is 5.45. The Balaban J connectivity index is 1.35. The molecule has 0 aliphatic rings. The second-order valence-corrected chi connectivity index (χ2v) is 8.25. The Morgan fingerprint density at radius 2 is 1.61 bits per heavy atom. The van der Waals surface area contributed by atoms with Gasteiger partial charge in [0.2, 0.25) is 0 Å². The molecule has 0 saturated carbocycles. The van der Waals surface area contributed by atoms with E-state index in [1.807, 2.05) is 36.5 Å². The van der Waals surface area contributed by atoms with Gasteiger partial charge in [0.25, 0.3) is 0 Å². The molecule has 2 aromatic carbocycles. The number of benzene rings is 2. The van der Waals surface area contributed by atoms with Crippen LogP contribution in [0.4, 0.5) is 0 Å². The Labute approximate surface area is 196 Å². The van der Waals surface area contributed by atoms with Gasteiger partial charge in [-0.1, -0.05) is 18.9 Å². The summed E-state index contributed by atoms with van der Waals surface area (Å²) in [6.45, 7) is 2.86. The number of pyridine rings is 1. The fourth-order valence-electron chi connectivity index (χ4n) is 4.21. The zero-order valence-electron chi connectivity index (χ0n) is 19.6. The van der Waals surface area contributed by atoms with Crippen molar-refractivity contribution in [2.45, 2.75) is 38.8 Å². The molecule has 0 amide bonds. The van der Waals surface area contributed by atoms with Gasteiger partial charge in [-0.05, 0) is 85.6 Å². The summed E-state index contributed by atoms with van der Waals surface area (Å²) in [6, 6.07) is 23.0. The summed E-state index contributed by atoms with van der Waals surface area (Å²) in [5.41, 5.74) is 4.78. The van der Waals surface area contributed by atoms with Gasteiger partial charge >= 0.3 is 0 Å². The smallest absolute Gasteiger partial charge is 0.119 e. The lowest BCUT2D eigenvalue weighted by atomic mass is 10.1. The van der Waals surface area contributed by atoms with Crippen LogP contribution in [-0.2, 0) is 13.1 Å². The van der Waals surface area contributed by atoms with Crippen molar-refractivity contribution < 1.29 is 9.47 Å². The zero-order valence-corrected chi connectivity index (χ0v) is 19.6. The highest BCUT2D eigenvalue weighted by Gasteiger charge is 2.12. The molecule has 172 valence electrons. The van der Waals surface area contributed by atoms with E-state index in [9.17, 15) is 0 Å². The quantitative estimate of drug-likeness (QED) is 0.270. The molecule has 0 atom stereocenters. The molecule has 5 nitrogen and oxygen atoms in total. The molecule has 1 N–H and O–H groups in total. The van der Waals surface area contributed by atoms with E-state index in [0.717, 1.165) is 43.2 Å². The minimum Gasteiger partial charge on any atom is -0.497 e. The second-order valence-electron chi connectivity index (χ2n) is 8.25. The average Bonchev–Trinajstić information content (AvgIpc) is 3.23. The van der Waals surface area contributed by atoms with Crippen LogP contribution in [0, 0.1) is 0 Å². The molecule has 0 aliphatic carbocycles. The Morgan fingerprint density at radius 1 is 0.818 bits per heavy atom. The van der Waals surface area contributed by atoms with Crippen molar-refractivity contribution >= 4 is 10.9 Å². The molecular weight excluding hydrogens is 410 g/mol. The number of hydrogen-bond donors (Lipinski definition) is 1. The molecule has 2 aromatic heterocycles. The number of hydrogen-bond acceptors (Lipinski definition) is 4. The third-order valence-corrected chi connectivity index (χ3v) is 6.01. The van der Waals surface area contributed by atoms with Crippen molar-refractivity contribution in [3.63, 3.8) is 0 Å². The first-order chi connectivity index (χ1) is 16.3. The number of methoxy groups -OCH3 is 2. The molecule has 33 heavy (non-hydrogen) atoms. The highest BCUT2D eigenvalue weighted by Crippen LogP contribution is 2.32. The first-order valence-electron chi connectivity index (χ1n) is 11.7. The molecule has 0 spiro atoms. The highest BCUT2D eigenvalue weighted by atomic mass is 16.5. The normalized spacial score (nSPS) is 11.1. The third-order valence-electron chi connectivity index (χ3n) is 6.01. The summed E-state index contributed by atoms with van der Waals surface area (Å²) in [5.74, 6) is 1.76. The van der Waals surface area contributed by atoms with E-state index < -0.39 is 0 Å². The minimum absolute atomic E-state index is 0.838. The fraction of sp³-hybridized carbons (Fsp3) is 0.321. The number of unbranched alkanes of at least 4 members (excludes halogenated alkanes) is 3. The zero-order chi connectivity index (χ0) is 22.9. The molecule has 0 unspecified atom stereocenters. The van der Waals surface area contributed by atoms with Crippen LogP contribution < -0.4 is 14.8 Å². The van der Waals surface area contributed by atoms with Crippen LogP contribution in [-0.4, -0.2) is 30.3 Å². The Kier molecular flexibility index (Phi) is 7.99. The van der Waals surface area contributed by atoms with Crippen LogP contribution in [0.25, 0.3) is 22.2 Å². The Hall–Kier alpha value is -3.31. The summed E-state index contributed by atoms with van der Waals surface area (Å²) in [6.07, 6.45) is 6.61. The summed E-state index contributed by atoms with van der Waals surface area (Å²) in [5, 5.41) is 4.70. The minimum atomic E-state index is 0.838. The molecule has 5 heteroatoms. The van der Waals surface area contributed by atoms with Crippen LogP contribution in [0.3, 0.4) is 0 Å². The molecular formula is C28H33N3O2. The predicted octanol–water partition coefficient (Wildman–Crippen LogP) is 6.07. The predicted molar refractivity (Wildman–Crippen MR) is 135 cm³/mol. The summed E-state index contributed by atoms with van der Waals surface area (Å²) in [4.78, 5) is 4.35. The fourth-order valence-corrected chi connectivity index (χ4v) is 4.21. The number of ether oxygens (including phenoxy) is 2. The lowest BCUT2D eigenvalue weighted by Gasteiger charge is -2.12. The molecule has 0 saturated heterocycles. The second kappa shape index (κ2) is 11.5. The number of aryl methyl sites for hydroxylation is 1. The van der Waals surface area contributed by atoms with Gasteiger partial charge < -0.3 is 19.4 Å². The first-order valence-corrected chi connectivity index (χ1v) is 11.7. The van der Waals surface area contributed by atoms with Crippen molar-refractivity contribution in [1.29, 1.82) is 0 Å². The van der Waals surface area contributed by atoms with E-state index in [4.69, 9.17) is 9.47 Å². The van der Waals surface area contributed by atoms with Crippen LogP contribution in [0.15, 0.2) is 72.9 Å². The topological polar surface area (TPSA) is 48.3 Å². The summed E-state index contributed by atoms with van der Waals surface area (Å²) >= 11 is 0. The number of nitrogens with one attached hydrogen (secondary N) is 1. The standard InChI is InChI=1S/C28H33N3O2/c1-32-25-12-10-22(11-13-25)28-20-23-19-26(33-2)14-15-27(23)31(28)18-8-4-3-6-16-29-21-24-9-5-7-17-30-24/h5,7,9-15,17,19-20,29H,3-4,6,8,16,18,21H2,1-2H3. The molecule has 2 heterocycles. The number of rotatable bonds is 12. The molecule has 0 aliphatic heterocycles. The van der Waals surface area contributed by atoms with Gasteiger partial charge in [-0.3, -0.25) is 4.98 Å². The molecule has 4 rings (SSSR count). The lowest BCUT2D eigenvalue weighted by Crippen LogP contribution is -2.15. The molecule has 4 aromatic rings. The molecule has 0 fully saturated rings. The van der Waals surface area contributed by atoms with Gasteiger partial charge in [0, 0.05) is 35.9 Å². The first kappa shape index (κ1) is 22.9. The van der Waals surface area contributed by atoms with Gasteiger partial charge in [-0.15, -0.1) is 0 Å². The van der Waals surface area contributed by atoms with E-state index >= 15 is 0 Å². The molecule has 0 radical (unpaired) electrons. The van der Waals surface area contributed by atoms with Crippen LogP contribution in [0.2, 0.25) is 0 Å². The van der Waals surface area contributed by atoms with E-state index in [-0.39, 0.29) is 0 Å². The van der Waals surface area contributed by atoms with E-state index in [0.29, 0.717) is 0 Å². The maximum Gasteiger partial charge on any atom is 0.119 e. The largest absolute Gasteiger partial charge is 0.497 e. The summed E-state index contributed by atoms with van der Waals surface area (Å²) < 4.78 is 13.2. The van der Waals surface area contributed by atoms with Crippen molar-refractivity contribution in [3.05, 3.63) is 78.6 Å². The van der Waals surface area contributed by atoms with Gasteiger partial charge in [-0.25, -0.2) is 0 Å². The monoisotopic (exact) mass is 443 g/mol. The average molecular weight is 444 g/mol. The Morgan fingerprint density at radius 3 is 2.36 bits per heavy atom.